The summed E-state index contributed by atoms with van der Waals surface area (Å²) in [5.74, 6) is -5.60. The quantitative estimate of drug-likeness (QED) is 0.128. The Labute approximate surface area is 249 Å². The van der Waals surface area contributed by atoms with E-state index in [0.29, 0.717) is 16.4 Å². The van der Waals surface area contributed by atoms with Gasteiger partial charge in [0.05, 0.1) is 33.0 Å². The molecule has 0 radical (unpaired) electrons. The molecule has 0 atom stereocenters. The summed E-state index contributed by atoms with van der Waals surface area (Å²) in [7, 11) is -3.88. The molecule has 3 N–H and O–H groups in total. The molecule has 220 valence electrons. The standard InChI is InChI=1S/C28H28F4IN3O4S/c1-27(2,3)40-35-26(37)18-13-16(23(31)24(32)25(18)34-20-9-8-17(33)14-19(20)29)12-15-6-5-7-21(22(15)30)36-41(38,39)28(4)10-11-28/h5-9,13-14,34,36H,10-12H2,1-4H3,(H,35,37). The van der Waals surface area contributed by atoms with Gasteiger partial charge in [0.1, 0.15) is 5.82 Å². The Balaban J connectivity index is 1.74. The van der Waals surface area contributed by atoms with E-state index in [4.69, 9.17) is 4.84 Å². The van der Waals surface area contributed by atoms with Gasteiger partial charge in [0.2, 0.25) is 10.0 Å². The lowest BCUT2D eigenvalue weighted by molar-refractivity contribution is -0.0589. The van der Waals surface area contributed by atoms with Crippen molar-refractivity contribution in [1.29, 1.82) is 0 Å². The Hall–Kier alpha value is -2.91. The molecule has 1 amide bonds. The van der Waals surface area contributed by atoms with E-state index in [0.717, 1.165) is 6.07 Å². The summed E-state index contributed by atoms with van der Waals surface area (Å²) in [5.41, 5.74) is -0.824. The lowest BCUT2D eigenvalue weighted by Gasteiger charge is -2.21. The van der Waals surface area contributed by atoms with Crippen LogP contribution in [0.5, 0.6) is 0 Å². The number of halogens is 5. The highest BCUT2D eigenvalue weighted by atomic mass is 127. The number of benzene rings is 3. The molecular formula is C28H28F4IN3O4S. The molecule has 3 aromatic rings. The third-order valence-electron chi connectivity index (χ3n) is 6.47. The van der Waals surface area contributed by atoms with Crippen LogP contribution in [-0.2, 0) is 21.3 Å². The van der Waals surface area contributed by atoms with Crippen molar-refractivity contribution in [3.05, 3.63) is 86.0 Å². The fourth-order valence-electron chi connectivity index (χ4n) is 3.80. The summed E-state index contributed by atoms with van der Waals surface area (Å²) in [6.07, 6.45) is 0.342. The van der Waals surface area contributed by atoms with E-state index in [1.807, 2.05) is 22.6 Å². The van der Waals surface area contributed by atoms with Gasteiger partial charge in [0, 0.05) is 9.99 Å². The number of hydrogen-bond acceptors (Lipinski definition) is 5. The molecule has 41 heavy (non-hydrogen) atoms. The molecule has 1 saturated carbocycles. The highest BCUT2D eigenvalue weighted by Crippen LogP contribution is 2.43. The maximum Gasteiger partial charge on any atom is 0.277 e. The number of hydrogen-bond donors (Lipinski definition) is 3. The molecule has 3 aromatic carbocycles. The first-order valence-electron chi connectivity index (χ1n) is 12.5. The summed E-state index contributed by atoms with van der Waals surface area (Å²) in [6.45, 7) is 6.50. The van der Waals surface area contributed by atoms with E-state index in [1.54, 1.807) is 27.7 Å². The van der Waals surface area contributed by atoms with Gasteiger partial charge in [-0.15, -0.1) is 0 Å². The molecule has 1 fully saturated rings. The van der Waals surface area contributed by atoms with Gasteiger partial charge >= 0.3 is 0 Å². The highest BCUT2D eigenvalue weighted by molar-refractivity contribution is 14.1. The minimum absolute atomic E-state index is 0.147. The van der Waals surface area contributed by atoms with Crippen LogP contribution in [0.2, 0.25) is 0 Å². The van der Waals surface area contributed by atoms with E-state index in [-0.39, 0.29) is 16.9 Å². The zero-order valence-electron chi connectivity index (χ0n) is 22.6. The average Bonchev–Trinajstić information content (AvgIpc) is 3.64. The minimum atomic E-state index is -3.88. The predicted octanol–water partition coefficient (Wildman–Crippen LogP) is 6.94. The summed E-state index contributed by atoms with van der Waals surface area (Å²) >= 11 is 1.88. The molecule has 0 spiro atoms. The van der Waals surface area contributed by atoms with Crippen LogP contribution in [0, 0.1) is 26.8 Å². The first-order valence-corrected chi connectivity index (χ1v) is 15.1. The highest BCUT2D eigenvalue weighted by Gasteiger charge is 2.50. The normalized spacial score (nSPS) is 14.5. The lowest BCUT2D eigenvalue weighted by atomic mass is 9.99. The second-order valence-corrected chi connectivity index (χ2v) is 14.4. The second-order valence-electron chi connectivity index (χ2n) is 11.0. The van der Waals surface area contributed by atoms with Crippen LogP contribution >= 0.6 is 22.6 Å². The van der Waals surface area contributed by atoms with Crippen molar-refractivity contribution in [1.82, 2.24) is 5.48 Å². The number of anilines is 3. The maximum absolute atomic E-state index is 15.5. The van der Waals surface area contributed by atoms with Crippen LogP contribution in [-0.4, -0.2) is 24.7 Å². The SMILES string of the molecule is CC(C)(C)ONC(=O)c1cc(Cc2cccc(NS(=O)(=O)C3(C)CC3)c2F)c(F)c(F)c1Nc1ccc(I)cc1F. The van der Waals surface area contributed by atoms with Gasteiger partial charge in [0.25, 0.3) is 5.91 Å². The van der Waals surface area contributed by atoms with Crippen molar-refractivity contribution >= 4 is 55.6 Å². The van der Waals surface area contributed by atoms with E-state index >= 15 is 13.2 Å². The lowest BCUT2D eigenvalue weighted by Crippen LogP contribution is -2.34. The largest absolute Gasteiger partial charge is 0.350 e. The number of rotatable bonds is 9. The van der Waals surface area contributed by atoms with Gasteiger partial charge in [-0.2, -0.15) is 0 Å². The summed E-state index contributed by atoms with van der Waals surface area (Å²) in [5, 5.41) is 2.45. The molecule has 7 nitrogen and oxygen atoms in total. The Kier molecular flexibility index (Phi) is 8.63. The van der Waals surface area contributed by atoms with Crippen LogP contribution in [0.1, 0.15) is 62.0 Å². The van der Waals surface area contributed by atoms with Gasteiger partial charge in [-0.25, -0.2) is 31.5 Å². The summed E-state index contributed by atoms with van der Waals surface area (Å²) in [4.78, 5) is 18.4. The smallest absolute Gasteiger partial charge is 0.277 e. The van der Waals surface area contributed by atoms with Crippen molar-refractivity contribution in [2.75, 3.05) is 10.0 Å². The predicted molar refractivity (Wildman–Crippen MR) is 156 cm³/mol. The Morgan fingerprint density at radius 1 is 0.976 bits per heavy atom. The molecular weight excluding hydrogens is 677 g/mol. The van der Waals surface area contributed by atoms with Gasteiger partial charge in [-0.3, -0.25) is 14.4 Å². The Morgan fingerprint density at radius 3 is 2.27 bits per heavy atom. The molecule has 0 saturated heterocycles. The average molecular weight is 706 g/mol. The van der Waals surface area contributed by atoms with Crippen molar-refractivity contribution in [3.8, 4) is 0 Å². The number of hydroxylamine groups is 1. The minimum Gasteiger partial charge on any atom is -0.350 e. The zero-order chi connectivity index (χ0) is 30.3. The van der Waals surface area contributed by atoms with E-state index in [2.05, 4.69) is 15.5 Å². The van der Waals surface area contributed by atoms with Crippen molar-refractivity contribution < 1.29 is 35.6 Å². The van der Waals surface area contributed by atoms with Crippen LogP contribution in [0.15, 0.2) is 42.5 Å². The maximum atomic E-state index is 15.5. The van der Waals surface area contributed by atoms with Crippen LogP contribution in [0.3, 0.4) is 0 Å². The topological polar surface area (TPSA) is 96.5 Å². The monoisotopic (exact) mass is 705 g/mol. The van der Waals surface area contributed by atoms with Gasteiger partial charge in [0.15, 0.2) is 17.5 Å². The second kappa shape index (κ2) is 11.4. The number of carbonyl (C=O) groups excluding carboxylic acids is 1. The molecule has 0 heterocycles. The van der Waals surface area contributed by atoms with Gasteiger partial charge < -0.3 is 5.32 Å². The molecule has 0 bridgehead atoms. The fourth-order valence-corrected chi connectivity index (χ4v) is 5.59. The zero-order valence-corrected chi connectivity index (χ0v) is 25.6. The summed E-state index contributed by atoms with van der Waals surface area (Å²) in [6, 6.07) is 8.91. The van der Waals surface area contributed by atoms with Crippen molar-refractivity contribution in [3.63, 3.8) is 0 Å². The third-order valence-corrected chi connectivity index (χ3v) is 9.34. The van der Waals surface area contributed by atoms with Crippen LogP contribution in [0.4, 0.5) is 34.6 Å². The molecule has 0 unspecified atom stereocenters. The Morgan fingerprint density at radius 2 is 1.66 bits per heavy atom. The number of sulfonamides is 1. The Bertz CT molecular complexity index is 1620. The number of nitrogens with one attached hydrogen (secondary N) is 3. The molecule has 13 heteroatoms. The van der Waals surface area contributed by atoms with Crippen LogP contribution < -0.4 is 15.5 Å². The first-order chi connectivity index (χ1) is 19.0. The van der Waals surface area contributed by atoms with E-state index in [1.165, 1.54) is 36.4 Å². The fraction of sp³-hybridized carbons (Fsp3) is 0.321. The van der Waals surface area contributed by atoms with Gasteiger partial charge in [-0.05, 0) is 105 Å². The molecule has 0 aromatic heterocycles. The van der Waals surface area contributed by atoms with Gasteiger partial charge in [-0.1, -0.05) is 12.1 Å². The first kappa shape index (κ1) is 31.0. The number of carbonyl (C=O) groups is 1. The van der Waals surface area contributed by atoms with E-state index < -0.39 is 72.8 Å². The molecule has 4 rings (SSSR count). The molecule has 0 aliphatic heterocycles. The van der Waals surface area contributed by atoms with Crippen molar-refractivity contribution in [2.24, 2.45) is 0 Å². The van der Waals surface area contributed by atoms with Crippen molar-refractivity contribution in [2.45, 2.75) is 57.3 Å². The van der Waals surface area contributed by atoms with E-state index in [9.17, 15) is 17.6 Å². The molecule has 1 aliphatic carbocycles. The van der Waals surface area contributed by atoms with Crippen LogP contribution in [0.25, 0.3) is 0 Å². The summed E-state index contributed by atoms with van der Waals surface area (Å²) < 4.78 is 87.9. The third kappa shape index (κ3) is 6.95. The molecule has 1 aliphatic rings. The number of amides is 1.